The first-order valence-corrected chi connectivity index (χ1v) is 10.4. The van der Waals surface area contributed by atoms with Gasteiger partial charge in [-0.3, -0.25) is 14.4 Å². The van der Waals surface area contributed by atoms with Crippen LogP contribution in [0, 0.1) is 13.8 Å². The van der Waals surface area contributed by atoms with Gasteiger partial charge < -0.3 is 5.32 Å². The highest BCUT2D eigenvalue weighted by atomic mass is 32.2. The van der Waals surface area contributed by atoms with Gasteiger partial charge in [-0.15, -0.1) is 0 Å². The fraction of sp³-hybridized carbons (Fsp3) is 0.750. The number of likely N-dealkylation sites (tertiary alicyclic amines) is 1. The number of carbonyl (C=O) groups is 1. The number of nitrogens with one attached hydrogen (secondary N) is 1. The molecule has 2 saturated heterocycles. The Kier molecular flexibility index (Phi) is 4.96. The fourth-order valence-electron chi connectivity index (χ4n) is 3.80. The third-order valence-corrected chi connectivity index (χ3v) is 6.64. The lowest BCUT2D eigenvalue weighted by Gasteiger charge is -2.35. The molecule has 0 aromatic carbocycles. The zero-order chi connectivity index (χ0) is 17.3. The minimum Gasteiger partial charge on any atom is -0.349 e. The number of rotatable bonds is 4. The minimum atomic E-state index is -3.10. The van der Waals surface area contributed by atoms with E-state index in [2.05, 4.69) is 15.3 Å². The van der Waals surface area contributed by atoms with E-state index >= 15 is 0 Å². The SMILES string of the molecule is Cc1cc(C)n(CC(=O)NC2CS(=O)(=O)CC2N2CCCCC2)n1. The van der Waals surface area contributed by atoms with Crippen molar-refractivity contribution < 1.29 is 13.2 Å². The molecule has 3 heterocycles. The molecular formula is C16H26N4O3S. The second-order valence-electron chi connectivity index (χ2n) is 7.00. The van der Waals surface area contributed by atoms with Crippen molar-refractivity contribution in [2.75, 3.05) is 24.6 Å². The third-order valence-electron chi connectivity index (χ3n) is 4.93. The molecule has 0 radical (unpaired) electrons. The molecule has 7 nitrogen and oxygen atoms in total. The molecule has 1 amide bonds. The van der Waals surface area contributed by atoms with E-state index in [4.69, 9.17) is 0 Å². The first-order valence-electron chi connectivity index (χ1n) is 8.59. The van der Waals surface area contributed by atoms with Crippen molar-refractivity contribution in [2.45, 2.75) is 51.7 Å². The first-order chi connectivity index (χ1) is 11.3. The van der Waals surface area contributed by atoms with E-state index < -0.39 is 9.84 Å². The van der Waals surface area contributed by atoms with Gasteiger partial charge in [-0.2, -0.15) is 5.10 Å². The number of amides is 1. The number of aromatic nitrogens is 2. The lowest BCUT2D eigenvalue weighted by molar-refractivity contribution is -0.122. The summed E-state index contributed by atoms with van der Waals surface area (Å²) in [5.74, 6) is 0.0137. The van der Waals surface area contributed by atoms with Gasteiger partial charge in [-0.25, -0.2) is 8.42 Å². The maximum Gasteiger partial charge on any atom is 0.242 e. The summed E-state index contributed by atoms with van der Waals surface area (Å²) in [6.07, 6.45) is 3.40. The lowest BCUT2D eigenvalue weighted by Crippen LogP contribution is -2.53. The molecule has 0 bridgehead atoms. The van der Waals surface area contributed by atoms with Gasteiger partial charge in [-0.05, 0) is 45.8 Å². The predicted octanol–water partition coefficient (Wildman–Crippen LogP) is 0.268. The largest absolute Gasteiger partial charge is 0.349 e. The molecule has 1 N–H and O–H groups in total. The number of nitrogens with zero attached hydrogens (tertiary/aromatic N) is 3. The molecule has 0 aliphatic carbocycles. The van der Waals surface area contributed by atoms with Crippen LogP contribution in [0.2, 0.25) is 0 Å². The van der Waals surface area contributed by atoms with E-state index in [9.17, 15) is 13.2 Å². The molecule has 2 fully saturated rings. The van der Waals surface area contributed by atoms with E-state index in [1.807, 2.05) is 19.9 Å². The zero-order valence-corrected chi connectivity index (χ0v) is 15.2. The molecule has 0 saturated carbocycles. The van der Waals surface area contributed by atoms with Gasteiger partial charge >= 0.3 is 0 Å². The molecule has 2 aliphatic rings. The van der Waals surface area contributed by atoms with Crippen LogP contribution in [0.4, 0.5) is 0 Å². The number of aryl methyl sites for hydroxylation is 2. The van der Waals surface area contributed by atoms with Gasteiger partial charge in [-0.1, -0.05) is 6.42 Å². The van der Waals surface area contributed by atoms with Crippen LogP contribution in [0.25, 0.3) is 0 Å². The third kappa shape index (κ3) is 3.97. The second-order valence-corrected chi connectivity index (χ2v) is 9.15. The summed E-state index contributed by atoms with van der Waals surface area (Å²) in [6, 6.07) is 1.50. The number of carbonyl (C=O) groups excluding carboxylic acids is 1. The normalized spacial score (nSPS) is 27.2. The van der Waals surface area contributed by atoms with Crippen molar-refractivity contribution in [1.82, 2.24) is 20.0 Å². The summed E-state index contributed by atoms with van der Waals surface area (Å²) >= 11 is 0. The number of hydrogen-bond donors (Lipinski definition) is 1. The van der Waals surface area contributed by atoms with Gasteiger partial charge in [0, 0.05) is 11.7 Å². The molecule has 2 unspecified atom stereocenters. The van der Waals surface area contributed by atoms with E-state index in [1.54, 1.807) is 4.68 Å². The molecule has 2 aliphatic heterocycles. The highest BCUT2D eigenvalue weighted by Crippen LogP contribution is 2.22. The molecular weight excluding hydrogens is 328 g/mol. The molecule has 3 rings (SSSR count). The van der Waals surface area contributed by atoms with E-state index in [0.717, 1.165) is 37.3 Å². The highest BCUT2D eigenvalue weighted by Gasteiger charge is 2.41. The van der Waals surface area contributed by atoms with Crippen molar-refractivity contribution in [3.63, 3.8) is 0 Å². The molecule has 24 heavy (non-hydrogen) atoms. The molecule has 2 atom stereocenters. The molecule has 1 aromatic heterocycles. The Morgan fingerprint density at radius 1 is 1.25 bits per heavy atom. The first kappa shape index (κ1) is 17.4. The van der Waals surface area contributed by atoms with Gasteiger partial charge in [0.2, 0.25) is 5.91 Å². The number of piperidine rings is 1. The maximum atomic E-state index is 12.4. The average Bonchev–Trinajstić information content (AvgIpc) is 2.98. The zero-order valence-electron chi connectivity index (χ0n) is 14.4. The maximum absolute atomic E-state index is 12.4. The van der Waals surface area contributed by atoms with Crippen molar-refractivity contribution in [1.29, 1.82) is 0 Å². The highest BCUT2D eigenvalue weighted by molar-refractivity contribution is 7.91. The van der Waals surface area contributed by atoms with Gasteiger partial charge in [0.15, 0.2) is 9.84 Å². The lowest BCUT2D eigenvalue weighted by atomic mass is 10.0. The Hall–Kier alpha value is -1.41. The van der Waals surface area contributed by atoms with Crippen LogP contribution in [0.3, 0.4) is 0 Å². The molecule has 1 aromatic rings. The fourth-order valence-corrected chi connectivity index (χ4v) is 5.75. The Bertz CT molecular complexity index is 707. The predicted molar refractivity (Wildman–Crippen MR) is 91.5 cm³/mol. The van der Waals surface area contributed by atoms with E-state index in [0.29, 0.717) is 0 Å². The molecule has 134 valence electrons. The Balaban J connectivity index is 1.67. The van der Waals surface area contributed by atoms with Gasteiger partial charge in [0.25, 0.3) is 0 Å². The van der Waals surface area contributed by atoms with Gasteiger partial charge in [0.05, 0.1) is 23.2 Å². The summed E-state index contributed by atoms with van der Waals surface area (Å²) in [5.41, 5.74) is 1.80. The summed E-state index contributed by atoms with van der Waals surface area (Å²) in [6.45, 7) is 5.76. The van der Waals surface area contributed by atoms with Crippen LogP contribution in [0.5, 0.6) is 0 Å². The van der Waals surface area contributed by atoms with Crippen LogP contribution in [-0.2, 0) is 21.2 Å². The van der Waals surface area contributed by atoms with Crippen LogP contribution < -0.4 is 5.32 Å². The molecule has 8 heteroatoms. The smallest absolute Gasteiger partial charge is 0.242 e. The Morgan fingerprint density at radius 2 is 1.96 bits per heavy atom. The van der Waals surface area contributed by atoms with Gasteiger partial charge in [0.1, 0.15) is 6.54 Å². The van der Waals surface area contributed by atoms with Crippen LogP contribution in [0.1, 0.15) is 30.7 Å². The van der Waals surface area contributed by atoms with Crippen molar-refractivity contribution in [2.24, 2.45) is 0 Å². The van der Waals surface area contributed by atoms with E-state index in [1.165, 1.54) is 6.42 Å². The Labute approximate surface area is 143 Å². The quantitative estimate of drug-likeness (QED) is 0.839. The van der Waals surface area contributed by atoms with Crippen LogP contribution in [0.15, 0.2) is 6.07 Å². The summed E-state index contributed by atoms with van der Waals surface area (Å²) in [4.78, 5) is 14.6. The molecule has 0 spiro atoms. The van der Waals surface area contributed by atoms with Crippen LogP contribution in [-0.4, -0.2) is 65.7 Å². The standard InChI is InChI=1S/C16H26N4O3S/c1-12-8-13(2)20(18-12)9-16(21)17-14-10-24(22,23)11-15(14)19-6-4-3-5-7-19/h8,14-15H,3-7,9-11H2,1-2H3,(H,17,21). The van der Waals surface area contributed by atoms with Crippen molar-refractivity contribution in [3.05, 3.63) is 17.5 Å². The summed E-state index contributed by atoms with van der Waals surface area (Å²) in [5, 5.41) is 7.24. The Morgan fingerprint density at radius 3 is 2.58 bits per heavy atom. The van der Waals surface area contributed by atoms with Crippen molar-refractivity contribution >= 4 is 15.7 Å². The summed E-state index contributed by atoms with van der Waals surface area (Å²) < 4.78 is 25.8. The number of hydrogen-bond acceptors (Lipinski definition) is 5. The monoisotopic (exact) mass is 354 g/mol. The van der Waals surface area contributed by atoms with Crippen LogP contribution >= 0.6 is 0 Å². The summed E-state index contributed by atoms with van der Waals surface area (Å²) in [7, 11) is -3.10. The average molecular weight is 354 g/mol. The topological polar surface area (TPSA) is 84.3 Å². The minimum absolute atomic E-state index is 0.0387. The second kappa shape index (κ2) is 6.84. The number of sulfone groups is 1. The van der Waals surface area contributed by atoms with Crippen molar-refractivity contribution in [3.8, 4) is 0 Å². The van der Waals surface area contributed by atoms with E-state index in [-0.39, 0.29) is 36.0 Å².